The molecule has 1 aromatic rings. The fourth-order valence-corrected chi connectivity index (χ4v) is 2.38. The predicted octanol–water partition coefficient (Wildman–Crippen LogP) is 1.56. The number of nitrogens with zero attached hydrogens (tertiary/aromatic N) is 4. The molecule has 0 bridgehead atoms. The lowest BCUT2D eigenvalue weighted by Gasteiger charge is -2.36. The summed E-state index contributed by atoms with van der Waals surface area (Å²) in [6.45, 7) is 2.03. The molecule has 0 amide bonds. The quantitative estimate of drug-likeness (QED) is 0.764. The van der Waals surface area contributed by atoms with E-state index < -0.39 is 0 Å². The average molecular weight is 273 g/mol. The lowest BCUT2D eigenvalue weighted by atomic mass is 9.91. The lowest BCUT2D eigenvalue weighted by Crippen LogP contribution is -2.40. The van der Waals surface area contributed by atoms with Gasteiger partial charge in [0.05, 0.1) is 5.69 Å². The van der Waals surface area contributed by atoms with Crippen molar-refractivity contribution in [3.8, 4) is 0 Å². The first-order valence-corrected chi connectivity index (χ1v) is 6.57. The highest BCUT2D eigenvalue weighted by atomic mass is 79.9. The minimum Gasteiger partial charge on any atom is -0.294 e. The zero-order valence-electron chi connectivity index (χ0n) is 9.06. The highest BCUT2D eigenvalue weighted by Crippen LogP contribution is 2.25. The molecule has 15 heavy (non-hydrogen) atoms. The van der Waals surface area contributed by atoms with Crippen molar-refractivity contribution in [1.82, 2.24) is 19.9 Å². The number of alkyl halides is 1. The third kappa shape index (κ3) is 2.78. The number of hydrogen-bond donors (Lipinski definition) is 0. The van der Waals surface area contributed by atoms with E-state index in [4.69, 9.17) is 0 Å². The number of rotatable bonds is 5. The third-order valence-electron chi connectivity index (χ3n) is 2.98. The Kier molecular flexibility index (Phi) is 3.75. The Morgan fingerprint density at radius 1 is 1.60 bits per heavy atom. The Bertz CT molecular complexity index is 308. The van der Waals surface area contributed by atoms with Gasteiger partial charge < -0.3 is 0 Å². The summed E-state index contributed by atoms with van der Waals surface area (Å²) in [7, 11) is 1.91. The highest BCUT2D eigenvalue weighted by molar-refractivity contribution is 9.09. The van der Waals surface area contributed by atoms with Gasteiger partial charge in [-0.25, -0.2) is 0 Å². The molecule has 0 aromatic carbocycles. The van der Waals surface area contributed by atoms with Crippen molar-refractivity contribution < 1.29 is 0 Å². The van der Waals surface area contributed by atoms with Crippen molar-refractivity contribution in [1.29, 1.82) is 0 Å². The molecule has 0 unspecified atom stereocenters. The zero-order valence-corrected chi connectivity index (χ0v) is 10.7. The van der Waals surface area contributed by atoms with Crippen LogP contribution in [0.3, 0.4) is 0 Å². The standard InChI is InChI=1S/C10H17BrN4/c1-14-7-9(12-13-14)8-15(6-5-11)10-3-2-4-10/h7,10H,2-6,8H2,1H3. The van der Waals surface area contributed by atoms with E-state index in [2.05, 4.69) is 31.1 Å². The number of aryl methyl sites for hydroxylation is 1. The van der Waals surface area contributed by atoms with E-state index in [-0.39, 0.29) is 0 Å². The van der Waals surface area contributed by atoms with Crippen LogP contribution in [-0.4, -0.2) is 37.8 Å². The van der Waals surface area contributed by atoms with E-state index in [0.717, 1.165) is 30.2 Å². The lowest BCUT2D eigenvalue weighted by molar-refractivity contribution is 0.126. The molecule has 5 heteroatoms. The molecule has 84 valence electrons. The molecule has 1 heterocycles. The molecule has 1 saturated carbocycles. The van der Waals surface area contributed by atoms with Crippen molar-refractivity contribution in [2.75, 3.05) is 11.9 Å². The Hall–Kier alpha value is -0.420. The summed E-state index contributed by atoms with van der Waals surface area (Å²) < 4.78 is 1.77. The SMILES string of the molecule is Cn1cc(CN(CCBr)C2CCC2)nn1. The molecule has 4 nitrogen and oxygen atoms in total. The van der Waals surface area contributed by atoms with Crippen LogP contribution in [0.1, 0.15) is 25.0 Å². The maximum absolute atomic E-state index is 4.13. The van der Waals surface area contributed by atoms with Crippen molar-refractivity contribution in [2.45, 2.75) is 31.8 Å². The van der Waals surface area contributed by atoms with Gasteiger partial charge in [-0.2, -0.15) is 0 Å². The Balaban J connectivity index is 1.93. The molecule has 1 aliphatic rings. The zero-order chi connectivity index (χ0) is 10.7. The smallest absolute Gasteiger partial charge is 0.0967 e. The summed E-state index contributed by atoms with van der Waals surface area (Å²) in [6, 6.07) is 0.768. The third-order valence-corrected chi connectivity index (χ3v) is 3.33. The Morgan fingerprint density at radius 3 is 2.87 bits per heavy atom. The van der Waals surface area contributed by atoms with Gasteiger partial charge in [-0.05, 0) is 12.8 Å². The molecule has 0 atom stereocenters. The maximum atomic E-state index is 4.13. The van der Waals surface area contributed by atoms with Crippen molar-refractivity contribution in [3.63, 3.8) is 0 Å². The monoisotopic (exact) mass is 272 g/mol. The van der Waals surface area contributed by atoms with Crippen molar-refractivity contribution in [3.05, 3.63) is 11.9 Å². The van der Waals surface area contributed by atoms with Gasteiger partial charge in [-0.1, -0.05) is 27.6 Å². The molecule has 0 radical (unpaired) electrons. The van der Waals surface area contributed by atoms with Crippen LogP contribution in [-0.2, 0) is 13.6 Å². The van der Waals surface area contributed by atoms with Gasteiger partial charge in [-0.15, -0.1) is 5.10 Å². The van der Waals surface area contributed by atoms with Crippen LogP contribution < -0.4 is 0 Å². The fourth-order valence-electron chi connectivity index (χ4n) is 1.93. The first kappa shape index (κ1) is 11.1. The Labute approximate surface area is 98.8 Å². The minimum atomic E-state index is 0.768. The molecule has 0 spiro atoms. The second kappa shape index (κ2) is 5.07. The first-order chi connectivity index (χ1) is 7.29. The summed E-state index contributed by atoms with van der Waals surface area (Å²) in [5, 5.41) is 9.13. The van der Waals surface area contributed by atoms with Crippen LogP contribution in [0, 0.1) is 0 Å². The van der Waals surface area contributed by atoms with Gasteiger partial charge in [0.15, 0.2) is 0 Å². The summed E-state index contributed by atoms with van der Waals surface area (Å²) in [4.78, 5) is 2.50. The average Bonchev–Trinajstić information content (AvgIpc) is 2.48. The van der Waals surface area contributed by atoms with E-state index in [0.29, 0.717) is 0 Å². The van der Waals surface area contributed by atoms with Crippen LogP contribution in [0.2, 0.25) is 0 Å². The topological polar surface area (TPSA) is 34.0 Å². The number of hydrogen-bond acceptors (Lipinski definition) is 3. The molecule has 1 aliphatic carbocycles. The molecule has 0 saturated heterocycles. The predicted molar refractivity (Wildman–Crippen MR) is 62.8 cm³/mol. The molecule has 1 fully saturated rings. The number of aromatic nitrogens is 3. The van der Waals surface area contributed by atoms with Gasteiger partial charge >= 0.3 is 0 Å². The number of halogens is 1. The van der Waals surface area contributed by atoms with Crippen molar-refractivity contribution >= 4 is 15.9 Å². The summed E-state index contributed by atoms with van der Waals surface area (Å²) in [6.07, 6.45) is 6.06. The van der Waals surface area contributed by atoms with Crippen LogP contribution in [0.15, 0.2) is 6.20 Å². The second-order valence-corrected chi connectivity index (χ2v) is 4.92. The molecular formula is C10H17BrN4. The largest absolute Gasteiger partial charge is 0.294 e. The normalized spacial score (nSPS) is 17.0. The van der Waals surface area contributed by atoms with E-state index in [1.54, 1.807) is 4.68 Å². The van der Waals surface area contributed by atoms with Gasteiger partial charge in [0, 0.05) is 37.7 Å². The van der Waals surface area contributed by atoms with Crippen molar-refractivity contribution in [2.24, 2.45) is 7.05 Å². The van der Waals surface area contributed by atoms with E-state index >= 15 is 0 Å². The van der Waals surface area contributed by atoms with Gasteiger partial charge in [0.1, 0.15) is 0 Å². The first-order valence-electron chi connectivity index (χ1n) is 5.45. The fraction of sp³-hybridized carbons (Fsp3) is 0.800. The van der Waals surface area contributed by atoms with Gasteiger partial charge in [0.25, 0.3) is 0 Å². The van der Waals surface area contributed by atoms with E-state index in [1.165, 1.54) is 19.3 Å². The molecule has 2 rings (SSSR count). The summed E-state index contributed by atoms with van der Waals surface area (Å²) in [5.74, 6) is 0. The summed E-state index contributed by atoms with van der Waals surface area (Å²) >= 11 is 3.51. The van der Waals surface area contributed by atoms with Crippen LogP contribution in [0.5, 0.6) is 0 Å². The molecule has 1 aromatic heterocycles. The highest BCUT2D eigenvalue weighted by Gasteiger charge is 2.24. The maximum Gasteiger partial charge on any atom is 0.0967 e. The van der Waals surface area contributed by atoms with Crippen LogP contribution in [0.25, 0.3) is 0 Å². The molecule has 0 N–H and O–H groups in total. The Morgan fingerprint density at radius 2 is 2.40 bits per heavy atom. The molecule has 0 aliphatic heterocycles. The minimum absolute atomic E-state index is 0.768. The summed E-state index contributed by atoms with van der Waals surface area (Å²) in [5.41, 5.74) is 1.07. The second-order valence-electron chi connectivity index (χ2n) is 4.13. The van der Waals surface area contributed by atoms with E-state index in [1.807, 2.05) is 13.2 Å². The van der Waals surface area contributed by atoms with E-state index in [9.17, 15) is 0 Å². The van der Waals surface area contributed by atoms with Crippen LogP contribution >= 0.6 is 15.9 Å². The molecular weight excluding hydrogens is 256 g/mol. The van der Waals surface area contributed by atoms with Gasteiger partial charge in [-0.3, -0.25) is 9.58 Å². The van der Waals surface area contributed by atoms with Crippen LogP contribution in [0.4, 0.5) is 0 Å². The van der Waals surface area contributed by atoms with Gasteiger partial charge in [0.2, 0.25) is 0 Å².